The molecule has 1 aromatic heterocycles. The van der Waals surface area contributed by atoms with Crippen LogP contribution < -0.4 is 4.72 Å². The van der Waals surface area contributed by atoms with Crippen LogP contribution in [0.3, 0.4) is 0 Å². The number of benzene rings is 2. The molecule has 0 fully saturated rings. The van der Waals surface area contributed by atoms with Gasteiger partial charge >= 0.3 is 0 Å². The lowest BCUT2D eigenvalue weighted by Crippen LogP contribution is -2.13. The highest BCUT2D eigenvalue weighted by Crippen LogP contribution is 2.26. The van der Waals surface area contributed by atoms with Gasteiger partial charge in [0, 0.05) is 11.6 Å². The number of nitrogens with one attached hydrogen (secondary N) is 1. The molecular weight excluding hydrogens is 284 g/mol. The highest BCUT2D eigenvalue weighted by Gasteiger charge is 2.15. The Bertz CT molecular complexity index is 891. The van der Waals surface area contributed by atoms with Crippen LogP contribution in [0.25, 0.3) is 10.9 Å². The fraction of sp³-hybridized carbons (Fsp3) is 0.0625. The Kier molecular flexibility index (Phi) is 3.35. The summed E-state index contributed by atoms with van der Waals surface area (Å²) in [6, 6.07) is 15.7. The molecule has 0 atom stereocenters. The van der Waals surface area contributed by atoms with Crippen LogP contribution in [0.1, 0.15) is 5.56 Å². The number of aromatic nitrogens is 1. The van der Waals surface area contributed by atoms with E-state index in [4.69, 9.17) is 0 Å². The number of hydrogen-bond donors (Lipinski definition) is 1. The first-order chi connectivity index (χ1) is 10.1. The molecule has 0 spiro atoms. The Morgan fingerprint density at radius 2 is 1.71 bits per heavy atom. The normalized spacial score (nSPS) is 11.5. The minimum Gasteiger partial charge on any atom is -0.277 e. The van der Waals surface area contributed by atoms with E-state index in [9.17, 15) is 8.42 Å². The molecule has 3 aromatic rings. The third kappa shape index (κ3) is 2.60. The lowest BCUT2D eigenvalue weighted by molar-refractivity contribution is 0.601. The third-order valence-corrected chi connectivity index (χ3v) is 4.67. The van der Waals surface area contributed by atoms with Crippen LogP contribution in [-0.4, -0.2) is 13.4 Å². The van der Waals surface area contributed by atoms with Gasteiger partial charge in [-0.3, -0.25) is 9.71 Å². The highest BCUT2D eigenvalue weighted by atomic mass is 32.2. The van der Waals surface area contributed by atoms with Crippen molar-refractivity contribution in [1.29, 1.82) is 0 Å². The van der Waals surface area contributed by atoms with E-state index in [1.807, 2.05) is 25.1 Å². The van der Waals surface area contributed by atoms with E-state index < -0.39 is 10.0 Å². The van der Waals surface area contributed by atoms with Crippen LogP contribution >= 0.6 is 0 Å². The summed E-state index contributed by atoms with van der Waals surface area (Å²) in [7, 11) is -3.61. The van der Waals surface area contributed by atoms with E-state index in [1.54, 1.807) is 42.6 Å². The molecule has 0 aliphatic carbocycles. The summed E-state index contributed by atoms with van der Waals surface area (Å²) in [6.07, 6.45) is 1.65. The van der Waals surface area contributed by atoms with E-state index in [-0.39, 0.29) is 4.90 Å². The summed E-state index contributed by atoms with van der Waals surface area (Å²) in [5, 5.41) is 0.936. The molecular formula is C16H14N2O2S. The van der Waals surface area contributed by atoms with Crippen molar-refractivity contribution in [3.63, 3.8) is 0 Å². The molecule has 0 bridgehead atoms. The summed E-state index contributed by atoms with van der Waals surface area (Å²) in [5.74, 6) is 0. The van der Waals surface area contributed by atoms with Crippen LogP contribution in [0.2, 0.25) is 0 Å². The van der Waals surface area contributed by atoms with Gasteiger partial charge in [-0.05, 0) is 36.8 Å². The second kappa shape index (κ2) is 5.18. The predicted molar refractivity (Wildman–Crippen MR) is 83.7 cm³/mol. The number of pyridine rings is 1. The fourth-order valence-corrected chi connectivity index (χ4v) is 3.29. The summed E-state index contributed by atoms with van der Waals surface area (Å²) in [6.45, 7) is 1.97. The van der Waals surface area contributed by atoms with Gasteiger partial charge in [0.25, 0.3) is 10.0 Å². The van der Waals surface area contributed by atoms with Crippen molar-refractivity contribution in [2.45, 2.75) is 11.8 Å². The maximum atomic E-state index is 12.4. The number of rotatable bonds is 3. The zero-order valence-electron chi connectivity index (χ0n) is 11.4. The molecule has 0 unspecified atom stereocenters. The Morgan fingerprint density at radius 1 is 0.952 bits per heavy atom. The minimum atomic E-state index is -3.61. The van der Waals surface area contributed by atoms with Crippen LogP contribution in [0, 0.1) is 6.92 Å². The topological polar surface area (TPSA) is 59.1 Å². The van der Waals surface area contributed by atoms with E-state index in [0.29, 0.717) is 11.2 Å². The zero-order valence-corrected chi connectivity index (χ0v) is 12.3. The van der Waals surface area contributed by atoms with Crippen molar-refractivity contribution in [2.75, 3.05) is 4.72 Å². The third-order valence-electron chi connectivity index (χ3n) is 3.29. The zero-order chi connectivity index (χ0) is 14.9. The maximum Gasteiger partial charge on any atom is 0.261 e. The van der Waals surface area contributed by atoms with Gasteiger partial charge in [0.1, 0.15) is 0 Å². The van der Waals surface area contributed by atoms with Crippen LogP contribution in [-0.2, 0) is 10.0 Å². The predicted octanol–water partition coefficient (Wildman–Crippen LogP) is 3.34. The summed E-state index contributed by atoms with van der Waals surface area (Å²) in [4.78, 5) is 4.52. The highest BCUT2D eigenvalue weighted by molar-refractivity contribution is 7.92. The molecule has 0 aliphatic heterocycles. The number of fused-ring (bicyclic) bond motifs is 1. The van der Waals surface area contributed by atoms with E-state index in [1.165, 1.54) is 0 Å². The van der Waals surface area contributed by atoms with E-state index >= 15 is 0 Å². The van der Waals surface area contributed by atoms with Gasteiger partial charge in [-0.1, -0.05) is 30.3 Å². The van der Waals surface area contributed by atoms with Crippen molar-refractivity contribution < 1.29 is 8.42 Å². The number of hydrogen-bond acceptors (Lipinski definition) is 3. The molecule has 106 valence electrons. The molecule has 21 heavy (non-hydrogen) atoms. The molecule has 0 saturated carbocycles. The molecule has 1 N–H and O–H groups in total. The Balaban J connectivity index is 2.09. The molecule has 0 radical (unpaired) electrons. The van der Waals surface area contributed by atoms with Gasteiger partial charge in [0.2, 0.25) is 0 Å². The van der Waals surface area contributed by atoms with Crippen molar-refractivity contribution in [3.05, 3.63) is 66.4 Å². The molecule has 0 saturated heterocycles. The molecule has 3 rings (SSSR count). The summed E-state index contributed by atoms with van der Waals surface area (Å²) >= 11 is 0. The summed E-state index contributed by atoms with van der Waals surface area (Å²) in [5.41, 5.74) is 2.19. The SMILES string of the molecule is Cc1ccc(NS(=O)(=O)c2ccccc2)c2ncccc12. The first-order valence-corrected chi connectivity index (χ1v) is 7.98. The second-order valence-electron chi connectivity index (χ2n) is 4.75. The average molecular weight is 298 g/mol. The van der Waals surface area contributed by atoms with E-state index in [0.717, 1.165) is 10.9 Å². The monoisotopic (exact) mass is 298 g/mol. The Morgan fingerprint density at radius 3 is 2.48 bits per heavy atom. The van der Waals surface area contributed by atoms with Gasteiger partial charge in [0.15, 0.2) is 0 Å². The van der Waals surface area contributed by atoms with Crippen LogP contribution in [0.5, 0.6) is 0 Å². The van der Waals surface area contributed by atoms with Gasteiger partial charge in [-0.15, -0.1) is 0 Å². The minimum absolute atomic E-state index is 0.231. The van der Waals surface area contributed by atoms with Gasteiger partial charge < -0.3 is 0 Å². The number of anilines is 1. The first kappa shape index (κ1) is 13.6. The fourth-order valence-electron chi connectivity index (χ4n) is 2.20. The Labute approximate surface area is 123 Å². The lowest BCUT2D eigenvalue weighted by atomic mass is 10.1. The second-order valence-corrected chi connectivity index (χ2v) is 6.43. The van der Waals surface area contributed by atoms with Gasteiger partial charge in [0.05, 0.1) is 16.1 Å². The van der Waals surface area contributed by atoms with E-state index in [2.05, 4.69) is 9.71 Å². The number of sulfonamides is 1. The average Bonchev–Trinajstić information content (AvgIpc) is 2.51. The number of aryl methyl sites for hydroxylation is 1. The van der Waals surface area contributed by atoms with Gasteiger partial charge in [-0.25, -0.2) is 8.42 Å². The first-order valence-electron chi connectivity index (χ1n) is 6.50. The Hall–Kier alpha value is -2.40. The smallest absolute Gasteiger partial charge is 0.261 e. The largest absolute Gasteiger partial charge is 0.277 e. The molecule has 0 aliphatic rings. The van der Waals surface area contributed by atoms with Crippen molar-refractivity contribution in [3.8, 4) is 0 Å². The van der Waals surface area contributed by atoms with Crippen LogP contribution in [0.4, 0.5) is 5.69 Å². The standard InChI is InChI=1S/C16H14N2O2S/c1-12-9-10-15(16-14(12)8-5-11-17-16)18-21(19,20)13-6-3-2-4-7-13/h2-11,18H,1H3. The molecule has 5 heteroatoms. The van der Waals surface area contributed by atoms with Gasteiger partial charge in [-0.2, -0.15) is 0 Å². The lowest BCUT2D eigenvalue weighted by Gasteiger charge is -2.11. The molecule has 2 aromatic carbocycles. The molecule has 1 heterocycles. The maximum absolute atomic E-state index is 12.4. The van der Waals surface area contributed by atoms with Crippen molar-refractivity contribution in [2.24, 2.45) is 0 Å². The van der Waals surface area contributed by atoms with Crippen molar-refractivity contribution in [1.82, 2.24) is 4.98 Å². The molecule has 4 nitrogen and oxygen atoms in total. The van der Waals surface area contributed by atoms with Crippen molar-refractivity contribution >= 4 is 26.6 Å². The number of nitrogens with zero attached hydrogens (tertiary/aromatic N) is 1. The quantitative estimate of drug-likeness (QED) is 0.806. The molecule has 0 amide bonds. The summed E-state index contributed by atoms with van der Waals surface area (Å²) < 4.78 is 27.4. The van der Waals surface area contributed by atoms with Crippen LogP contribution in [0.15, 0.2) is 65.7 Å².